The first kappa shape index (κ1) is 13.3. The fourth-order valence-electron chi connectivity index (χ4n) is 2.69. The third-order valence-electron chi connectivity index (χ3n) is 3.79. The van der Waals surface area contributed by atoms with E-state index in [1.807, 2.05) is 0 Å². The Kier molecular flexibility index (Phi) is 3.30. The number of aromatic nitrogens is 3. The Bertz CT molecular complexity index is 667. The highest BCUT2D eigenvalue weighted by Gasteiger charge is 2.40. The summed E-state index contributed by atoms with van der Waals surface area (Å²) in [5.74, 6) is 0. The van der Waals surface area contributed by atoms with E-state index in [1.54, 1.807) is 6.20 Å². The third-order valence-corrected chi connectivity index (χ3v) is 3.79. The van der Waals surface area contributed by atoms with Crippen molar-refractivity contribution in [2.24, 2.45) is 0 Å². The van der Waals surface area contributed by atoms with E-state index in [0.29, 0.717) is 17.5 Å². The molecule has 8 nitrogen and oxygen atoms in total. The number of hydrogen-bond donors (Lipinski definition) is 6. The van der Waals surface area contributed by atoms with Crippen LogP contribution in [-0.2, 0) is 6.42 Å². The number of H-pyrrole nitrogens is 2. The summed E-state index contributed by atoms with van der Waals surface area (Å²) in [7, 11) is 0. The molecule has 0 radical (unpaired) electrons. The van der Waals surface area contributed by atoms with Crippen molar-refractivity contribution < 1.29 is 15.3 Å². The van der Waals surface area contributed by atoms with Crippen LogP contribution in [0.2, 0.25) is 0 Å². The van der Waals surface area contributed by atoms with Gasteiger partial charge in [-0.15, -0.1) is 0 Å². The van der Waals surface area contributed by atoms with Crippen LogP contribution in [0.4, 0.5) is 0 Å². The second-order valence-electron chi connectivity index (χ2n) is 5.02. The van der Waals surface area contributed by atoms with Crippen molar-refractivity contribution >= 4 is 11.0 Å². The Hall–Kier alpha value is -1.74. The zero-order valence-electron chi connectivity index (χ0n) is 10.6. The van der Waals surface area contributed by atoms with E-state index in [0.717, 1.165) is 5.56 Å². The predicted molar refractivity (Wildman–Crippen MR) is 70.2 cm³/mol. The zero-order chi connectivity index (χ0) is 14.3. The summed E-state index contributed by atoms with van der Waals surface area (Å²) in [6.07, 6.45) is 1.41. The number of nitrogens with one attached hydrogen (secondary N) is 3. The molecule has 3 heterocycles. The molecule has 1 saturated heterocycles. The van der Waals surface area contributed by atoms with E-state index in [4.69, 9.17) is 5.11 Å². The lowest BCUT2D eigenvalue weighted by Crippen LogP contribution is -2.37. The first-order valence-corrected chi connectivity index (χ1v) is 6.38. The largest absolute Gasteiger partial charge is 0.395 e. The second-order valence-corrected chi connectivity index (χ2v) is 5.02. The molecule has 20 heavy (non-hydrogen) atoms. The monoisotopic (exact) mass is 280 g/mol. The van der Waals surface area contributed by atoms with E-state index < -0.39 is 24.3 Å². The zero-order valence-corrected chi connectivity index (χ0v) is 10.6. The van der Waals surface area contributed by atoms with E-state index >= 15 is 0 Å². The maximum absolute atomic E-state index is 11.6. The highest BCUT2D eigenvalue weighted by atomic mass is 16.3. The van der Waals surface area contributed by atoms with Gasteiger partial charge in [0.2, 0.25) is 0 Å². The van der Waals surface area contributed by atoms with Crippen molar-refractivity contribution in [3.8, 4) is 0 Å². The van der Waals surface area contributed by atoms with E-state index in [2.05, 4.69) is 20.3 Å². The Morgan fingerprint density at radius 3 is 2.65 bits per heavy atom. The molecule has 108 valence electrons. The molecule has 8 heteroatoms. The summed E-state index contributed by atoms with van der Waals surface area (Å²) >= 11 is 0. The Morgan fingerprint density at radius 2 is 1.95 bits per heavy atom. The molecule has 0 aliphatic carbocycles. The Labute approximate surface area is 113 Å². The minimum absolute atomic E-state index is 0.249. The van der Waals surface area contributed by atoms with Gasteiger partial charge in [-0.05, 0) is 12.0 Å². The molecule has 3 unspecified atom stereocenters. The molecule has 4 atom stereocenters. The SMILES string of the molecule is O=c1[nH]cnc2c(CC3N[C@H](CO)C(O)C3O)c[nH]c12. The van der Waals surface area contributed by atoms with Crippen LogP contribution in [0.3, 0.4) is 0 Å². The molecule has 0 amide bonds. The molecule has 0 bridgehead atoms. The topological polar surface area (TPSA) is 134 Å². The van der Waals surface area contributed by atoms with Crippen molar-refractivity contribution in [3.05, 3.63) is 28.4 Å². The number of hydrogen-bond acceptors (Lipinski definition) is 6. The van der Waals surface area contributed by atoms with Crippen molar-refractivity contribution in [1.29, 1.82) is 0 Å². The number of fused-ring (bicyclic) bond motifs is 1. The van der Waals surface area contributed by atoms with Crippen LogP contribution < -0.4 is 10.9 Å². The average Bonchev–Trinajstić information content (AvgIpc) is 2.97. The van der Waals surface area contributed by atoms with Gasteiger partial charge >= 0.3 is 0 Å². The van der Waals surface area contributed by atoms with Crippen LogP contribution in [0.15, 0.2) is 17.3 Å². The molecule has 1 aliphatic heterocycles. The maximum atomic E-state index is 11.6. The van der Waals surface area contributed by atoms with Crippen LogP contribution >= 0.6 is 0 Å². The Balaban J connectivity index is 1.87. The van der Waals surface area contributed by atoms with Gasteiger partial charge in [-0.3, -0.25) is 4.79 Å². The van der Waals surface area contributed by atoms with Crippen molar-refractivity contribution in [1.82, 2.24) is 20.3 Å². The average molecular weight is 280 g/mol. The molecule has 6 N–H and O–H groups in total. The molecule has 2 aromatic heterocycles. The van der Waals surface area contributed by atoms with Gasteiger partial charge < -0.3 is 30.6 Å². The molecular formula is C12H16N4O4. The van der Waals surface area contributed by atoms with Crippen LogP contribution in [-0.4, -0.2) is 61.2 Å². The summed E-state index contributed by atoms with van der Waals surface area (Å²) in [6.45, 7) is -0.249. The molecular weight excluding hydrogens is 264 g/mol. The molecule has 0 aromatic carbocycles. The van der Waals surface area contributed by atoms with Gasteiger partial charge in [0, 0.05) is 12.2 Å². The van der Waals surface area contributed by atoms with Gasteiger partial charge in [-0.2, -0.15) is 0 Å². The van der Waals surface area contributed by atoms with Crippen molar-refractivity contribution in [2.75, 3.05) is 6.61 Å². The smallest absolute Gasteiger partial charge is 0.275 e. The lowest BCUT2D eigenvalue weighted by atomic mass is 10.0. The van der Waals surface area contributed by atoms with Gasteiger partial charge in [0.15, 0.2) is 0 Å². The fraction of sp³-hybridized carbons (Fsp3) is 0.500. The van der Waals surface area contributed by atoms with Crippen LogP contribution in [0.25, 0.3) is 11.0 Å². The van der Waals surface area contributed by atoms with E-state index in [1.165, 1.54) is 6.33 Å². The maximum Gasteiger partial charge on any atom is 0.275 e. The summed E-state index contributed by atoms with van der Waals surface area (Å²) in [4.78, 5) is 21.0. The Morgan fingerprint density at radius 1 is 1.20 bits per heavy atom. The first-order valence-electron chi connectivity index (χ1n) is 6.38. The fourth-order valence-corrected chi connectivity index (χ4v) is 2.69. The van der Waals surface area contributed by atoms with Crippen LogP contribution in [0.1, 0.15) is 5.56 Å². The number of aromatic amines is 2. The third kappa shape index (κ3) is 2.02. The highest BCUT2D eigenvalue weighted by molar-refractivity contribution is 5.77. The number of aliphatic hydroxyl groups is 3. The van der Waals surface area contributed by atoms with Crippen molar-refractivity contribution in [3.63, 3.8) is 0 Å². The van der Waals surface area contributed by atoms with Gasteiger partial charge in [-0.1, -0.05) is 0 Å². The highest BCUT2D eigenvalue weighted by Crippen LogP contribution is 2.21. The normalized spacial score (nSPS) is 30.1. The van der Waals surface area contributed by atoms with Crippen LogP contribution in [0.5, 0.6) is 0 Å². The van der Waals surface area contributed by atoms with E-state index in [9.17, 15) is 15.0 Å². The number of rotatable bonds is 3. The molecule has 0 spiro atoms. The summed E-state index contributed by atoms with van der Waals surface area (Å²) in [5.41, 5.74) is 1.45. The predicted octanol–water partition coefficient (Wildman–Crippen LogP) is -2.15. The summed E-state index contributed by atoms with van der Waals surface area (Å²) in [6, 6.07) is -0.946. The minimum Gasteiger partial charge on any atom is -0.395 e. The lowest BCUT2D eigenvalue weighted by Gasteiger charge is -2.14. The molecule has 2 aromatic rings. The van der Waals surface area contributed by atoms with Crippen LogP contribution in [0, 0.1) is 0 Å². The number of aliphatic hydroxyl groups excluding tert-OH is 3. The first-order chi connectivity index (χ1) is 9.61. The second kappa shape index (κ2) is 4.98. The molecule has 3 rings (SSSR count). The lowest BCUT2D eigenvalue weighted by molar-refractivity contribution is 0.0197. The van der Waals surface area contributed by atoms with Crippen molar-refractivity contribution in [2.45, 2.75) is 30.7 Å². The summed E-state index contributed by atoms with van der Waals surface area (Å²) in [5, 5.41) is 31.8. The standard InChI is InChI=1S/C12H16N4O4/c17-3-7-11(19)10(18)6(16-7)1-5-2-13-9-8(5)14-4-15-12(9)20/h2,4,6-7,10-11,13,16-19H,1,3H2,(H,14,15,20)/t6?,7-,10?,11?/m1/s1. The minimum atomic E-state index is -1.01. The summed E-state index contributed by atoms with van der Waals surface area (Å²) < 4.78 is 0. The van der Waals surface area contributed by atoms with Gasteiger partial charge in [-0.25, -0.2) is 4.98 Å². The molecule has 1 fully saturated rings. The quantitative estimate of drug-likeness (QED) is 0.379. The van der Waals surface area contributed by atoms with Gasteiger partial charge in [0.1, 0.15) is 5.52 Å². The number of nitrogens with zero attached hydrogens (tertiary/aromatic N) is 1. The molecule has 1 aliphatic rings. The van der Waals surface area contributed by atoms with E-state index in [-0.39, 0.29) is 12.2 Å². The van der Waals surface area contributed by atoms with Gasteiger partial charge in [0.25, 0.3) is 5.56 Å². The molecule has 0 saturated carbocycles. The van der Waals surface area contributed by atoms with Gasteiger partial charge in [0.05, 0.1) is 36.7 Å².